The van der Waals surface area contributed by atoms with Crippen LogP contribution in [0.5, 0.6) is 0 Å². The van der Waals surface area contributed by atoms with Crippen molar-refractivity contribution in [3.63, 3.8) is 0 Å². The molecule has 3 nitrogen and oxygen atoms in total. The van der Waals surface area contributed by atoms with Crippen molar-refractivity contribution >= 4 is 5.97 Å². The van der Waals surface area contributed by atoms with E-state index in [1.807, 2.05) is 0 Å². The van der Waals surface area contributed by atoms with E-state index in [2.05, 4.69) is 31.7 Å². The Kier molecular flexibility index (Phi) is 4.82. The molecule has 0 amide bonds. The third-order valence-corrected chi connectivity index (χ3v) is 5.75. The van der Waals surface area contributed by atoms with Crippen molar-refractivity contribution in [2.75, 3.05) is 6.61 Å². The minimum Gasteiger partial charge on any atom is -0.460 e. The van der Waals surface area contributed by atoms with Gasteiger partial charge in [-0.3, -0.25) is 0 Å². The van der Waals surface area contributed by atoms with E-state index in [0.717, 1.165) is 12.8 Å². The number of esters is 1. The fourth-order valence-electron chi connectivity index (χ4n) is 4.13. The number of aryl methyl sites for hydroxylation is 2. The maximum absolute atomic E-state index is 11.4. The van der Waals surface area contributed by atoms with Gasteiger partial charge in [-0.05, 0) is 73.5 Å². The van der Waals surface area contributed by atoms with Gasteiger partial charge in [0.2, 0.25) is 0 Å². The minimum atomic E-state index is -0.584. The third-order valence-electron chi connectivity index (χ3n) is 5.75. The molecule has 1 fully saturated rings. The Morgan fingerprint density at radius 2 is 2.00 bits per heavy atom. The van der Waals surface area contributed by atoms with Crippen molar-refractivity contribution in [2.45, 2.75) is 63.9 Å². The molecule has 3 heteroatoms. The number of rotatable bonds is 5. The highest BCUT2D eigenvalue weighted by molar-refractivity contribution is 5.86. The highest BCUT2D eigenvalue weighted by Crippen LogP contribution is 2.49. The molecule has 3 rings (SSSR count). The van der Waals surface area contributed by atoms with Crippen molar-refractivity contribution in [1.29, 1.82) is 0 Å². The van der Waals surface area contributed by atoms with Crippen molar-refractivity contribution in [2.24, 2.45) is 5.92 Å². The first-order valence-corrected chi connectivity index (χ1v) is 9.02. The van der Waals surface area contributed by atoms with Crippen LogP contribution >= 0.6 is 0 Å². The molecule has 2 aliphatic carbocycles. The van der Waals surface area contributed by atoms with Gasteiger partial charge in [-0.2, -0.15) is 0 Å². The van der Waals surface area contributed by atoms with Crippen molar-refractivity contribution < 1.29 is 14.6 Å². The number of benzene rings is 1. The molecule has 0 aliphatic heterocycles. The molecule has 1 aromatic carbocycles. The fourth-order valence-corrected chi connectivity index (χ4v) is 4.13. The maximum atomic E-state index is 11.4. The maximum Gasteiger partial charge on any atom is 0.333 e. The summed E-state index contributed by atoms with van der Waals surface area (Å²) < 4.78 is 5.08. The van der Waals surface area contributed by atoms with Gasteiger partial charge in [-0.25, -0.2) is 4.79 Å². The molecular formula is C21H28O3. The van der Waals surface area contributed by atoms with Crippen LogP contribution in [0.3, 0.4) is 0 Å². The highest BCUT2D eigenvalue weighted by Gasteiger charge is 2.45. The van der Waals surface area contributed by atoms with Gasteiger partial charge in [0.15, 0.2) is 0 Å². The van der Waals surface area contributed by atoms with Crippen LogP contribution in [0.15, 0.2) is 30.4 Å². The minimum absolute atomic E-state index is 0.0661. The van der Waals surface area contributed by atoms with E-state index >= 15 is 0 Å². The Morgan fingerprint density at radius 3 is 2.67 bits per heavy atom. The molecule has 0 radical (unpaired) electrons. The first kappa shape index (κ1) is 17.2. The topological polar surface area (TPSA) is 46.5 Å². The lowest BCUT2D eigenvalue weighted by Crippen LogP contribution is -2.45. The van der Waals surface area contributed by atoms with E-state index in [1.165, 1.54) is 42.4 Å². The van der Waals surface area contributed by atoms with Crippen LogP contribution in [-0.2, 0) is 27.8 Å². The number of aliphatic hydroxyl groups is 1. The monoisotopic (exact) mass is 328 g/mol. The lowest BCUT2D eigenvalue weighted by Gasteiger charge is -2.48. The second-order valence-electron chi connectivity index (χ2n) is 7.87. The van der Waals surface area contributed by atoms with Crippen LogP contribution in [-0.4, -0.2) is 23.8 Å². The number of carbonyl (C=O) groups excluding carboxylic acids is 1. The molecule has 1 saturated carbocycles. The zero-order valence-corrected chi connectivity index (χ0v) is 14.8. The Hall–Kier alpha value is -1.61. The van der Waals surface area contributed by atoms with E-state index in [1.54, 1.807) is 6.92 Å². The number of ether oxygens (including phenoxy) is 1. The second kappa shape index (κ2) is 6.72. The predicted octanol–water partition coefficient (Wildman–Crippen LogP) is 3.71. The molecule has 130 valence electrons. The first-order chi connectivity index (χ1) is 11.4. The Morgan fingerprint density at radius 1 is 1.33 bits per heavy atom. The summed E-state index contributed by atoms with van der Waals surface area (Å²) in [6, 6.07) is 6.96. The summed E-state index contributed by atoms with van der Waals surface area (Å²) in [6.07, 6.45) is 6.31. The molecule has 0 spiro atoms. The van der Waals surface area contributed by atoms with Gasteiger partial charge in [-0.1, -0.05) is 31.7 Å². The third kappa shape index (κ3) is 3.41. The van der Waals surface area contributed by atoms with Crippen LogP contribution < -0.4 is 0 Å². The van der Waals surface area contributed by atoms with E-state index in [4.69, 9.17) is 4.74 Å². The standard InChI is InChI=1S/C21H28O3/c1-14(2)20(23)24-13-19(22)17-11-21(3,12-17)18-9-8-15-6-4-5-7-16(15)10-18/h8-10,17,19,22H,1,4-7,11-13H2,2-3H3. The molecule has 1 aromatic rings. The lowest BCUT2D eigenvalue weighted by molar-refractivity contribution is -0.144. The fraction of sp³-hybridized carbons (Fsp3) is 0.571. The van der Waals surface area contributed by atoms with Crippen molar-refractivity contribution in [1.82, 2.24) is 0 Å². The zero-order valence-electron chi connectivity index (χ0n) is 14.8. The summed E-state index contributed by atoms with van der Waals surface area (Å²) in [5.74, 6) is -0.227. The summed E-state index contributed by atoms with van der Waals surface area (Å²) in [4.78, 5) is 11.4. The quantitative estimate of drug-likeness (QED) is 0.662. The van der Waals surface area contributed by atoms with Gasteiger partial charge < -0.3 is 9.84 Å². The van der Waals surface area contributed by atoms with E-state index in [0.29, 0.717) is 5.57 Å². The van der Waals surface area contributed by atoms with Crippen molar-refractivity contribution in [3.8, 4) is 0 Å². The van der Waals surface area contributed by atoms with E-state index < -0.39 is 12.1 Å². The molecule has 0 aromatic heterocycles. The number of aliphatic hydroxyl groups excluding tert-OH is 1. The molecule has 0 heterocycles. The molecule has 1 unspecified atom stereocenters. The smallest absolute Gasteiger partial charge is 0.333 e. The number of hydrogen-bond donors (Lipinski definition) is 1. The van der Waals surface area contributed by atoms with Gasteiger partial charge in [-0.15, -0.1) is 0 Å². The average molecular weight is 328 g/mol. The molecule has 0 bridgehead atoms. The summed E-state index contributed by atoms with van der Waals surface area (Å²) >= 11 is 0. The summed E-state index contributed by atoms with van der Waals surface area (Å²) in [7, 11) is 0. The number of fused-ring (bicyclic) bond motifs is 1. The van der Waals surface area contributed by atoms with Crippen LogP contribution in [0.4, 0.5) is 0 Å². The Balaban J connectivity index is 1.58. The van der Waals surface area contributed by atoms with Crippen LogP contribution in [0.1, 0.15) is 56.2 Å². The Bertz CT molecular complexity index is 640. The van der Waals surface area contributed by atoms with Crippen LogP contribution in [0.2, 0.25) is 0 Å². The highest BCUT2D eigenvalue weighted by atomic mass is 16.5. The van der Waals surface area contributed by atoms with Gasteiger partial charge in [0, 0.05) is 5.57 Å². The largest absolute Gasteiger partial charge is 0.460 e. The van der Waals surface area contributed by atoms with Crippen LogP contribution in [0.25, 0.3) is 0 Å². The van der Waals surface area contributed by atoms with Crippen molar-refractivity contribution in [3.05, 3.63) is 47.0 Å². The number of hydrogen-bond acceptors (Lipinski definition) is 3. The molecular weight excluding hydrogens is 300 g/mol. The van der Waals surface area contributed by atoms with E-state index in [-0.39, 0.29) is 17.9 Å². The van der Waals surface area contributed by atoms with Gasteiger partial charge in [0.1, 0.15) is 6.61 Å². The van der Waals surface area contributed by atoms with Gasteiger partial charge >= 0.3 is 5.97 Å². The molecule has 24 heavy (non-hydrogen) atoms. The molecule has 1 atom stereocenters. The average Bonchev–Trinajstić information content (AvgIpc) is 2.55. The number of carbonyl (C=O) groups is 1. The van der Waals surface area contributed by atoms with E-state index in [9.17, 15) is 9.90 Å². The summed E-state index contributed by atoms with van der Waals surface area (Å²) in [5, 5.41) is 10.3. The summed E-state index contributed by atoms with van der Waals surface area (Å²) in [6.45, 7) is 7.51. The SMILES string of the molecule is C=C(C)C(=O)OCC(O)C1CC(C)(c2ccc3c(c2)CCCC3)C1. The second-order valence-corrected chi connectivity index (χ2v) is 7.87. The summed E-state index contributed by atoms with van der Waals surface area (Å²) in [5.41, 5.74) is 4.92. The van der Waals surface area contributed by atoms with Gasteiger partial charge in [0.25, 0.3) is 0 Å². The molecule has 2 aliphatic rings. The Labute approximate surface area is 144 Å². The molecule has 0 saturated heterocycles. The first-order valence-electron chi connectivity index (χ1n) is 9.02. The lowest BCUT2D eigenvalue weighted by atomic mass is 9.58. The predicted molar refractivity (Wildman–Crippen MR) is 94.9 cm³/mol. The van der Waals surface area contributed by atoms with Crippen LogP contribution in [0, 0.1) is 5.92 Å². The van der Waals surface area contributed by atoms with Gasteiger partial charge in [0.05, 0.1) is 6.10 Å². The normalized spacial score (nSPS) is 26.9. The zero-order chi connectivity index (χ0) is 17.3. The molecule has 1 N–H and O–H groups in total.